The van der Waals surface area contributed by atoms with E-state index in [1.807, 2.05) is 20.8 Å². The Morgan fingerprint density at radius 1 is 1.31 bits per heavy atom. The van der Waals surface area contributed by atoms with Crippen LogP contribution in [0.5, 0.6) is 0 Å². The Hall–Kier alpha value is -2.58. The van der Waals surface area contributed by atoms with Crippen LogP contribution in [0.3, 0.4) is 0 Å². The number of alkyl carbamates (subject to hydrolysis) is 1. The predicted molar refractivity (Wildman–Crippen MR) is 111 cm³/mol. The van der Waals surface area contributed by atoms with Crippen LogP contribution in [0.1, 0.15) is 52.5 Å². The van der Waals surface area contributed by atoms with Crippen LogP contribution in [-0.2, 0) is 11.3 Å². The molecule has 160 valence electrons. The summed E-state index contributed by atoms with van der Waals surface area (Å²) in [7, 11) is 1.76. The first kappa shape index (κ1) is 21.1. The van der Waals surface area contributed by atoms with Crippen molar-refractivity contribution in [3.8, 4) is 0 Å². The highest BCUT2D eigenvalue weighted by Crippen LogP contribution is 2.37. The normalized spacial score (nSPS) is 18.7. The number of carbonyl (C=O) groups is 2. The van der Waals surface area contributed by atoms with Crippen molar-refractivity contribution in [2.45, 2.75) is 59.1 Å². The Labute approximate surface area is 172 Å². The fourth-order valence-corrected chi connectivity index (χ4v) is 3.72. The topological polar surface area (TPSA) is 99.7 Å². The van der Waals surface area contributed by atoms with Crippen LogP contribution in [0.15, 0.2) is 6.33 Å². The summed E-state index contributed by atoms with van der Waals surface area (Å²) in [5.41, 5.74) is 0.637. The van der Waals surface area contributed by atoms with E-state index in [9.17, 15) is 9.59 Å². The molecule has 1 aromatic heterocycles. The minimum Gasteiger partial charge on any atom is -0.444 e. The molecule has 0 saturated carbocycles. The number of urea groups is 1. The van der Waals surface area contributed by atoms with Crippen LogP contribution in [0, 0.1) is 5.41 Å². The van der Waals surface area contributed by atoms with E-state index in [0.29, 0.717) is 18.9 Å². The number of nitrogens with zero attached hydrogens (tertiary/aromatic N) is 4. The third kappa shape index (κ3) is 5.27. The zero-order valence-electron chi connectivity index (χ0n) is 18.0. The highest BCUT2D eigenvalue weighted by Gasteiger charge is 2.33. The van der Waals surface area contributed by atoms with Crippen molar-refractivity contribution in [1.82, 2.24) is 20.2 Å². The number of rotatable bonds is 4. The summed E-state index contributed by atoms with van der Waals surface area (Å²) in [6.07, 6.45) is 4.06. The van der Waals surface area contributed by atoms with Crippen molar-refractivity contribution in [1.29, 1.82) is 0 Å². The second-order valence-electron chi connectivity index (χ2n) is 9.29. The van der Waals surface area contributed by atoms with E-state index in [1.165, 1.54) is 6.33 Å². The molecule has 0 aliphatic carbocycles. The molecule has 1 aromatic rings. The summed E-state index contributed by atoms with van der Waals surface area (Å²) < 4.78 is 5.30. The lowest BCUT2D eigenvalue weighted by atomic mass is 9.77. The molecule has 0 bridgehead atoms. The zero-order chi connectivity index (χ0) is 21.2. The number of ether oxygens (including phenoxy) is 1. The number of anilines is 2. The summed E-state index contributed by atoms with van der Waals surface area (Å²) in [6, 6.07) is -0.147. The summed E-state index contributed by atoms with van der Waals surface area (Å²) >= 11 is 0. The maximum atomic E-state index is 11.9. The highest BCUT2D eigenvalue weighted by atomic mass is 16.6. The quantitative estimate of drug-likeness (QED) is 0.800. The van der Waals surface area contributed by atoms with Gasteiger partial charge in [-0.2, -0.15) is 0 Å². The van der Waals surface area contributed by atoms with Gasteiger partial charge in [0.1, 0.15) is 23.6 Å². The molecule has 3 rings (SSSR count). The van der Waals surface area contributed by atoms with Gasteiger partial charge in [-0.05, 0) is 45.4 Å². The van der Waals surface area contributed by atoms with Gasteiger partial charge < -0.3 is 19.9 Å². The Bertz CT molecular complexity index is 768. The SMILES string of the molecule is CN1Cc2c(ncnc2N2CCC(C)(CCNC(=O)OC(C)(C)C)CC2)NC1=O. The largest absolute Gasteiger partial charge is 0.444 e. The van der Waals surface area contributed by atoms with Crippen molar-refractivity contribution in [2.24, 2.45) is 5.41 Å². The van der Waals surface area contributed by atoms with Crippen LogP contribution in [-0.4, -0.2) is 59.3 Å². The van der Waals surface area contributed by atoms with E-state index in [0.717, 1.165) is 43.7 Å². The summed E-state index contributed by atoms with van der Waals surface area (Å²) in [4.78, 5) is 36.3. The molecule has 0 radical (unpaired) electrons. The van der Waals surface area contributed by atoms with E-state index in [4.69, 9.17) is 4.74 Å². The number of carbonyl (C=O) groups excluding carboxylic acids is 2. The Morgan fingerprint density at radius 2 is 2.00 bits per heavy atom. The van der Waals surface area contributed by atoms with E-state index < -0.39 is 5.60 Å². The molecule has 0 spiro atoms. The van der Waals surface area contributed by atoms with Gasteiger partial charge in [0.15, 0.2) is 0 Å². The summed E-state index contributed by atoms with van der Waals surface area (Å²) in [5.74, 6) is 1.50. The minimum atomic E-state index is -0.483. The molecule has 1 fully saturated rings. The molecule has 2 aliphatic rings. The average Bonchev–Trinajstić information content (AvgIpc) is 2.61. The van der Waals surface area contributed by atoms with Crippen molar-refractivity contribution >= 4 is 23.8 Å². The molecule has 0 unspecified atom stereocenters. The van der Waals surface area contributed by atoms with Gasteiger partial charge in [-0.25, -0.2) is 19.6 Å². The maximum absolute atomic E-state index is 11.9. The van der Waals surface area contributed by atoms with Crippen LogP contribution in [0.25, 0.3) is 0 Å². The zero-order valence-corrected chi connectivity index (χ0v) is 18.0. The molecular weight excluding hydrogens is 372 g/mol. The van der Waals surface area contributed by atoms with Crippen molar-refractivity contribution in [2.75, 3.05) is 36.9 Å². The van der Waals surface area contributed by atoms with Gasteiger partial charge in [0.25, 0.3) is 0 Å². The van der Waals surface area contributed by atoms with E-state index in [2.05, 4.69) is 32.4 Å². The smallest absolute Gasteiger partial charge is 0.407 e. The van der Waals surface area contributed by atoms with Crippen LogP contribution >= 0.6 is 0 Å². The van der Waals surface area contributed by atoms with Gasteiger partial charge in [0.2, 0.25) is 0 Å². The number of hydrogen-bond donors (Lipinski definition) is 2. The van der Waals surface area contributed by atoms with E-state index in [-0.39, 0.29) is 17.5 Å². The lowest BCUT2D eigenvalue weighted by molar-refractivity contribution is 0.0518. The maximum Gasteiger partial charge on any atom is 0.407 e. The minimum absolute atomic E-state index is 0.147. The average molecular weight is 405 g/mol. The van der Waals surface area contributed by atoms with Crippen molar-refractivity contribution in [3.05, 3.63) is 11.9 Å². The summed E-state index contributed by atoms with van der Waals surface area (Å²) in [5, 5.41) is 5.68. The van der Waals surface area contributed by atoms with Gasteiger partial charge in [0.05, 0.1) is 12.1 Å². The van der Waals surface area contributed by atoms with Gasteiger partial charge in [-0.1, -0.05) is 6.92 Å². The molecule has 2 aliphatic heterocycles. The monoisotopic (exact) mass is 404 g/mol. The number of nitrogens with one attached hydrogen (secondary N) is 2. The first-order valence-corrected chi connectivity index (χ1v) is 10.1. The number of piperidine rings is 1. The first-order valence-electron chi connectivity index (χ1n) is 10.1. The number of hydrogen-bond acceptors (Lipinski definition) is 6. The predicted octanol–water partition coefficient (Wildman–Crippen LogP) is 2.98. The number of fused-ring (bicyclic) bond motifs is 1. The number of amides is 3. The molecule has 2 N–H and O–H groups in total. The lowest BCUT2D eigenvalue weighted by Crippen LogP contribution is -2.43. The van der Waals surface area contributed by atoms with Gasteiger partial charge >= 0.3 is 12.1 Å². The Kier molecular flexibility index (Phi) is 5.86. The third-order valence-corrected chi connectivity index (χ3v) is 5.56. The second kappa shape index (κ2) is 8.04. The van der Waals surface area contributed by atoms with Gasteiger partial charge in [-0.3, -0.25) is 5.32 Å². The molecule has 29 heavy (non-hydrogen) atoms. The molecule has 1 saturated heterocycles. The fraction of sp³-hybridized carbons (Fsp3) is 0.700. The first-order chi connectivity index (χ1) is 13.6. The molecule has 9 heteroatoms. The highest BCUT2D eigenvalue weighted by molar-refractivity contribution is 5.91. The molecule has 0 aromatic carbocycles. The summed E-state index contributed by atoms with van der Waals surface area (Å²) in [6.45, 7) is 10.7. The fourth-order valence-electron chi connectivity index (χ4n) is 3.72. The molecule has 0 atom stereocenters. The van der Waals surface area contributed by atoms with Gasteiger partial charge in [0, 0.05) is 26.7 Å². The van der Waals surface area contributed by atoms with Crippen LogP contribution in [0.4, 0.5) is 21.2 Å². The molecule has 3 heterocycles. The van der Waals surface area contributed by atoms with Crippen LogP contribution < -0.4 is 15.5 Å². The number of aromatic nitrogens is 2. The van der Waals surface area contributed by atoms with Crippen molar-refractivity contribution in [3.63, 3.8) is 0 Å². The van der Waals surface area contributed by atoms with E-state index in [1.54, 1.807) is 11.9 Å². The van der Waals surface area contributed by atoms with Gasteiger partial charge in [-0.15, -0.1) is 0 Å². The van der Waals surface area contributed by atoms with E-state index >= 15 is 0 Å². The second-order valence-corrected chi connectivity index (χ2v) is 9.29. The Morgan fingerprint density at radius 3 is 2.66 bits per heavy atom. The standard InChI is InChI=1S/C20H32N6O3/c1-19(2,3)29-18(28)21-9-6-20(4)7-10-26(11-8-20)16-14-12-25(5)17(27)24-15(14)22-13-23-16/h13H,6-12H2,1-5H3,(H,21,28)(H,22,23,24,27). The third-order valence-electron chi connectivity index (χ3n) is 5.56. The lowest BCUT2D eigenvalue weighted by Gasteiger charge is -2.41. The molecule has 3 amide bonds. The Balaban J connectivity index is 1.55. The van der Waals surface area contributed by atoms with Crippen LogP contribution in [0.2, 0.25) is 0 Å². The molecule has 9 nitrogen and oxygen atoms in total. The van der Waals surface area contributed by atoms with Crippen molar-refractivity contribution < 1.29 is 14.3 Å². The molecular formula is C20H32N6O3.